The molecule has 534 valence electrons. The minimum atomic E-state index is -4.95. The van der Waals surface area contributed by atoms with Crippen molar-refractivity contribution in [3.05, 3.63) is 0 Å². The molecule has 0 spiro atoms. The zero-order valence-electron chi connectivity index (χ0n) is 58.3. The van der Waals surface area contributed by atoms with Gasteiger partial charge in [-0.25, -0.2) is 9.13 Å². The molecule has 0 aromatic heterocycles. The van der Waals surface area contributed by atoms with Gasteiger partial charge in [-0.2, -0.15) is 0 Å². The fourth-order valence-electron chi connectivity index (χ4n) is 10.8. The van der Waals surface area contributed by atoms with Gasteiger partial charge in [0.05, 0.1) is 26.4 Å². The van der Waals surface area contributed by atoms with E-state index < -0.39 is 97.5 Å². The number of hydrogen-bond acceptors (Lipinski definition) is 15. The summed E-state index contributed by atoms with van der Waals surface area (Å²) in [5.41, 5.74) is 0. The van der Waals surface area contributed by atoms with Gasteiger partial charge in [-0.15, -0.1) is 0 Å². The molecule has 0 rings (SSSR count). The van der Waals surface area contributed by atoms with Gasteiger partial charge in [0, 0.05) is 25.7 Å². The molecule has 3 N–H and O–H groups in total. The van der Waals surface area contributed by atoms with Crippen LogP contribution in [-0.2, 0) is 65.4 Å². The number of hydrogen-bond donors (Lipinski definition) is 3. The molecule has 0 aliphatic rings. The van der Waals surface area contributed by atoms with Crippen LogP contribution in [0.2, 0.25) is 0 Å². The maximum absolute atomic E-state index is 13.0. The third-order valence-electron chi connectivity index (χ3n) is 16.5. The first-order chi connectivity index (χ1) is 43.5. The molecule has 0 saturated heterocycles. The van der Waals surface area contributed by atoms with Crippen LogP contribution in [0.15, 0.2) is 0 Å². The summed E-state index contributed by atoms with van der Waals surface area (Å²) >= 11 is 0. The highest BCUT2D eigenvalue weighted by Crippen LogP contribution is 2.45. The van der Waals surface area contributed by atoms with Crippen molar-refractivity contribution in [2.75, 3.05) is 39.6 Å². The zero-order valence-corrected chi connectivity index (χ0v) is 60.1. The molecule has 0 heterocycles. The molecule has 0 aliphatic carbocycles. The number of rotatable bonds is 71. The third kappa shape index (κ3) is 64.8. The van der Waals surface area contributed by atoms with Crippen molar-refractivity contribution in [2.24, 2.45) is 5.92 Å². The Labute approximate surface area is 549 Å². The van der Waals surface area contributed by atoms with Crippen LogP contribution in [-0.4, -0.2) is 96.7 Å². The number of carbonyl (C=O) groups is 4. The molecule has 0 bridgehead atoms. The van der Waals surface area contributed by atoms with Gasteiger partial charge in [0.15, 0.2) is 12.2 Å². The molecule has 17 nitrogen and oxygen atoms in total. The van der Waals surface area contributed by atoms with E-state index in [-0.39, 0.29) is 25.7 Å². The first-order valence-electron chi connectivity index (χ1n) is 37.1. The van der Waals surface area contributed by atoms with Crippen molar-refractivity contribution in [1.29, 1.82) is 0 Å². The number of esters is 4. The predicted octanol–water partition coefficient (Wildman–Crippen LogP) is 20.5. The Morgan fingerprint density at radius 2 is 0.511 bits per heavy atom. The van der Waals surface area contributed by atoms with Crippen LogP contribution in [0, 0.1) is 5.92 Å². The van der Waals surface area contributed by atoms with Crippen molar-refractivity contribution >= 4 is 39.5 Å². The van der Waals surface area contributed by atoms with E-state index in [1.165, 1.54) is 186 Å². The molecule has 0 saturated carbocycles. The van der Waals surface area contributed by atoms with Gasteiger partial charge in [0.2, 0.25) is 0 Å². The Kier molecular flexibility index (Phi) is 63.0. The first kappa shape index (κ1) is 88.1. The molecule has 0 aliphatic heterocycles. The lowest BCUT2D eigenvalue weighted by atomic mass is 10.0. The van der Waals surface area contributed by atoms with Gasteiger partial charge in [-0.1, -0.05) is 317 Å². The highest BCUT2D eigenvalue weighted by Gasteiger charge is 2.30. The summed E-state index contributed by atoms with van der Waals surface area (Å²) < 4.78 is 68.3. The summed E-state index contributed by atoms with van der Waals surface area (Å²) in [6.07, 6.45) is 51.2. The average Bonchev–Trinajstić information content (AvgIpc) is 3.48. The van der Waals surface area contributed by atoms with Crippen LogP contribution in [0.1, 0.15) is 369 Å². The highest BCUT2D eigenvalue weighted by atomic mass is 31.2. The van der Waals surface area contributed by atoms with Gasteiger partial charge in [-0.05, 0) is 31.6 Å². The summed E-state index contributed by atoms with van der Waals surface area (Å²) in [6.45, 7) is 7.21. The van der Waals surface area contributed by atoms with E-state index in [1.807, 2.05) is 0 Å². The van der Waals surface area contributed by atoms with Crippen LogP contribution in [0.4, 0.5) is 0 Å². The Balaban J connectivity index is 5.25. The number of carbonyl (C=O) groups excluding carboxylic acids is 4. The number of aliphatic hydroxyl groups is 1. The van der Waals surface area contributed by atoms with Gasteiger partial charge in [0.25, 0.3) is 0 Å². The molecule has 0 radical (unpaired) electrons. The van der Waals surface area contributed by atoms with Crippen LogP contribution >= 0.6 is 15.6 Å². The maximum atomic E-state index is 13.0. The number of unbranched alkanes of at least 4 members (excludes halogenated alkanes) is 43. The average molecular weight is 1330 g/mol. The van der Waals surface area contributed by atoms with Gasteiger partial charge >= 0.3 is 39.5 Å². The van der Waals surface area contributed by atoms with E-state index in [2.05, 4.69) is 34.6 Å². The summed E-state index contributed by atoms with van der Waals surface area (Å²) in [4.78, 5) is 72.6. The van der Waals surface area contributed by atoms with E-state index in [4.69, 9.17) is 37.0 Å². The van der Waals surface area contributed by atoms with Crippen molar-refractivity contribution in [2.45, 2.75) is 387 Å². The van der Waals surface area contributed by atoms with Crippen LogP contribution < -0.4 is 0 Å². The second-order valence-corrected chi connectivity index (χ2v) is 29.0. The SMILES string of the molecule is CCCCCCCCCCCCCCCCCC(=O)O[C@H](COC(=O)CCCCCCCCCCCCCCC)COP(=O)(O)OC[C@@H](O)COP(=O)(O)OC[C@@H](COC(=O)CCCCCCCCCC(C)C)OC(=O)CCCCCCCCCCCCCC. The van der Waals surface area contributed by atoms with E-state index in [0.717, 1.165) is 96.3 Å². The quantitative estimate of drug-likeness (QED) is 0.0222. The second kappa shape index (κ2) is 64.4. The lowest BCUT2D eigenvalue weighted by molar-refractivity contribution is -0.161. The Hall–Kier alpha value is -1.94. The molecule has 0 amide bonds. The maximum Gasteiger partial charge on any atom is 0.472 e. The lowest BCUT2D eigenvalue weighted by Gasteiger charge is -2.21. The van der Waals surface area contributed by atoms with E-state index >= 15 is 0 Å². The van der Waals surface area contributed by atoms with Crippen LogP contribution in [0.3, 0.4) is 0 Å². The Morgan fingerprint density at radius 1 is 0.300 bits per heavy atom. The predicted molar refractivity (Wildman–Crippen MR) is 363 cm³/mol. The minimum Gasteiger partial charge on any atom is -0.462 e. The molecule has 0 aromatic carbocycles. The van der Waals surface area contributed by atoms with Crippen molar-refractivity contribution < 1.29 is 80.2 Å². The van der Waals surface area contributed by atoms with Crippen molar-refractivity contribution in [3.63, 3.8) is 0 Å². The molecule has 5 atom stereocenters. The fourth-order valence-corrected chi connectivity index (χ4v) is 12.4. The molecular weight excluding hydrogens is 1190 g/mol. The monoisotopic (exact) mass is 1320 g/mol. The fraction of sp³-hybridized carbons (Fsp3) is 0.944. The van der Waals surface area contributed by atoms with Gasteiger partial charge < -0.3 is 33.8 Å². The summed E-state index contributed by atoms with van der Waals surface area (Å²) in [7, 11) is -9.90. The number of phosphoric acid groups is 2. The lowest BCUT2D eigenvalue weighted by Crippen LogP contribution is -2.30. The summed E-state index contributed by atoms with van der Waals surface area (Å²) in [5.74, 6) is -1.41. The standard InChI is InChI=1S/C71H138O17P2/c1-6-9-12-15-18-21-24-27-28-30-33-36-41-47-52-57-71(76)87-66(60-81-68(73)54-49-44-39-34-32-29-25-22-19-16-13-10-7-2)62-85-89(77,78)83-58-65(72)59-84-90(79,80)86-63-67(61-82-69(74)55-50-45-42-37-38-43-48-53-64(4)5)88-70(75)56-51-46-40-35-31-26-23-20-17-14-11-8-3/h64-67,72H,6-63H2,1-5H3,(H,77,78)(H,79,80)/t65-,66-,67-/m1/s1. The normalized spacial score (nSPS) is 14.1. The van der Waals surface area contributed by atoms with Crippen LogP contribution in [0.5, 0.6) is 0 Å². The smallest absolute Gasteiger partial charge is 0.462 e. The van der Waals surface area contributed by atoms with Crippen molar-refractivity contribution in [3.8, 4) is 0 Å². The molecule has 19 heteroatoms. The van der Waals surface area contributed by atoms with Crippen LogP contribution in [0.25, 0.3) is 0 Å². The van der Waals surface area contributed by atoms with E-state index in [1.54, 1.807) is 0 Å². The van der Waals surface area contributed by atoms with Gasteiger partial charge in [-0.3, -0.25) is 37.3 Å². The molecule has 90 heavy (non-hydrogen) atoms. The highest BCUT2D eigenvalue weighted by molar-refractivity contribution is 7.47. The minimum absolute atomic E-state index is 0.107. The molecule has 2 unspecified atom stereocenters. The molecule has 0 fully saturated rings. The molecule has 0 aromatic rings. The van der Waals surface area contributed by atoms with E-state index in [0.29, 0.717) is 31.6 Å². The number of phosphoric ester groups is 2. The van der Waals surface area contributed by atoms with Crippen molar-refractivity contribution in [1.82, 2.24) is 0 Å². The summed E-state index contributed by atoms with van der Waals surface area (Å²) in [5, 5.41) is 10.6. The summed E-state index contributed by atoms with van der Waals surface area (Å²) in [6, 6.07) is 0. The third-order valence-corrected chi connectivity index (χ3v) is 18.4. The topological polar surface area (TPSA) is 237 Å². The zero-order chi connectivity index (χ0) is 66.3. The largest absolute Gasteiger partial charge is 0.472 e. The Morgan fingerprint density at radius 3 is 0.756 bits per heavy atom. The van der Waals surface area contributed by atoms with Gasteiger partial charge in [0.1, 0.15) is 19.3 Å². The first-order valence-corrected chi connectivity index (χ1v) is 40.1. The van der Waals surface area contributed by atoms with E-state index in [9.17, 15) is 43.2 Å². The number of ether oxygens (including phenoxy) is 4. The second-order valence-electron chi connectivity index (χ2n) is 26.1. The molecular formula is C71H138O17P2. The Bertz CT molecular complexity index is 1740. The number of aliphatic hydroxyl groups excluding tert-OH is 1.